The number of benzene rings is 3. The van der Waals surface area contributed by atoms with Crippen LogP contribution in [0.1, 0.15) is 36.6 Å². The van der Waals surface area contributed by atoms with Gasteiger partial charge in [0.25, 0.3) is 17.4 Å². The summed E-state index contributed by atoms with van der Waals surface area (Å²) in [6.45, 7) is 7.49. The third kappa shape index (κ3) is 5.17. The Morgan fingerprint density at radius 2 is 1.70 bits per heavy atom. The molecule has 9 nitrogen and oxygen atoms in total. The van der Waals surface area contributed by atoms with Crippen molar-refractivity contribution in [2.75, 3.05) is 17.4 Å². The summed E-state index contributed by atoms with van der Waals surface area (Å²) >= 11 is 1.19. The molecule has 4 aromatic rings. The molecule has 0 unspecified atom stereocenters. The van der Waals surface area contributed by atoms with Gasteiger partial charge in [-0.3, -0.25) is 19.0 Å². The first kappa shape index (κ1) is 29.0. The minimum atomic E-state index is -0.750. The smallest absolute Gasteiger partial charge is 0.270 e. The summed E-state index contributed by atoms with van der Waals surface area (Å²) in [4.78, 5) is 46.7. The van der Waals surface area contributed by atoms with Crippen molar-refractivity contribution in [3.63, 3.8) is 0 Å². The maximum absolute atomic E-state index is 14.1. The number of nitrogens with zero attached hydrogens (tertiary/aromatic N) is 4. The van der Waals surface area contributed by atoms with Gasteiger partial charge in [-0.1, -0.05) is 59.4 Å². The number of hydrogen-bond donors (Lipinski definition) is 1. The van der Waals surface area contributed by atoms with E-state index in [1.807, 2.05) is 74.5 Å². The SMILES string of the molecule is COc1ccc([C@@H]2C(C(=O)Nc3ccc(C)cc3C)=C(C)N=c3s/c(=C/[C@@H]4C(=O)N(c5ccccc5)N=C4C)c(=O)n32)cc1. The van der Waals surface area contributed by atoms with Gasteiger partial charge < -0.3 is 10.1 Å². The molecule has 0 radical (unpaired) electrons. The molecule has 1 N–H and O–H groups in total. The number of methoxy groups -OCH3 is 1. The highest BCUT2D eigenvalue weighted by Crippen LogP contribution is 2.32. The number of amides is 2. The number of fused-ring (bicyclic) bond motifs is 1. The summed E-state index contributed by atoms with van der Waals surface area (Å²) < 4.78 is 7.26. The Balaban J connectivity index is 1.44. The fraction of sp³-hybridized carbons (Fsp3) is 0.206. The van der Waals surface area contributed by atoms with Crippen LogP contribution in [0.15, 0.2) is 99.0 Å². The number of aromatic nitrogens is 1. The Kier molecular flexibility index (Phi) is 7.60. The summed E-state index contributed by atoms with van der Waals surface area (Å²) in [7, 11) is 1.58. The second-order valence-electron chi connectivity index (χ2n) is 10.9. The molecular weight excluding hydrogens is 574 g/mol. The van der Waals surface area contributed by atoms with Crippen molar-refractivity contribution in [1.29, 1.82) is 0 Å². The summed E-state index contributed by atoms with van der Waals surface area (Å²) in [5.74, 6) is -0.637. The molecule has 0 fully saturated rings. The van der Waals surface area contributed by atoms with Crippen LogP contribution >= 0.6 is 11.3 Å². The van der Waals surface area contributed by atoms with Crippen molar-refractivity contribution in [1.82, 2.24) is 4.57 Å². The van der Waals surface area contributed by atoms with Gasteiger partial charge in [-0.05, 0) is 75.2 Å². The zero-order valence-electron chi connectivity index (χ0n) is 25.0. The minimum absolute atomic E-state index is 0.240. The van der Waals surface area contributed by atoms with E-state index in [0.29, 0.717) is 43.4 Å². The van der Waals surface area contributed by atoms with Crippen LogP contribution in [-0.4, -0.2) is 29.2 Å². The van der Waals surface area contributed by atoms with Crippen LogP contribution in [0.2, 0.25) is 0 Å². The van der Waals surface area contributed by atoms with Gasteiger partial charge in [0.05, 0.1) is 40.4 Å². The zero-order valence-corrected chi connectivity index (χ0v) is 25.8. The number of aryl methyl sites for hydroxylation is 2. The van der Waals surface area contributed by atoms with Crippen LogP contribution in [0.5, 0.6) is 5.75 Å². The third-order valence-corrected chi connectivity index (χ3v) is 8.83. The Bertz CT molecular complexity index is 2040. The van der Waals surface area contributed by atoms with Gasteiger partial charge in [0.1, 0.15) is 11.7 Å². The van der Waals surface area contributed by atoms with Crippen molar-refractivity contribution >= 4 is 46.3 Å². The number of anilines is 2. The van der Waals surface area contributed by atoms with E-state index in [9.17, 15) is 14.4 Å². The minimum Gasteiger partial charge on any atom is -0.497 e. The number of hydrogen-bond acceptors (Lipinski definition) is 7. The molecule has 222 valence electrons. The van der Waals surface area contributed by atoms with Crippen molar-refractivity contribution in [3.05, 3.63) is 120 Å². The first-order valence-corrected chi connectivity index (χ1v) is 15.0. The predicted octanol–water partition coefficient (Wildman–Crippen LogP) is 4.49. The molecule has 44 heavy (non-hydrogen) atoms. The van der Waals surface area contributed by atoms with E-state index in [-0.39, 0.29) is 17.4 Å². The average Bonchev–Trinajstić information content (AvgIpc) is 3.48. The molecule has 0 saturated heterocycles. The normalized spacial score (nSPS) is 18.2. The molecule has 2 aliphatic rings. The highest BCUT2D eigenvalue weighted by atomic mass is 32.1. The van der Waals surface area contributed by atoms with Crippen molar-refractivity contribution in [3.8, 4) is 5.75 Å². The average molecular weight is 606 g/mol. The maximum Gasteiger partial charge on any atom is 0.270 e. The van der Waals surface area contributed by atoms with E-state index >= 15 is 0 Å². The Labute approximate surface area is 258 Å². The van der Waals surface area contributed by atoms with Crippen LogP contribution in [0.4, 0.5) is 11.4 Å². The van der Waals surface area contributed by atoms with Gasteiger partial charge in [-0.2, -0.15) is 10.1 Å². The molecule has 0 bridgehead atoms. The molecule has 0 saturated carbocycles. The summed E-state index contributed by atoms with van der Waals surface area (Å²) in [5.41, 5.74) is 5.20. The molecule has 0 spiro atoms. The van der Waals surface area contributed by atoms with Crippen LogP contribution < -0.4 is 30.0 Å². The van der Waals surface area contributed by atoms with Gasteiger partial charge in [0.2, 0.25) is 0 Å². The monoisotopic (exact) mass is 605 g/mol. The zero-order chi connectivity index (χ0) is 31.1. The number of thiazole rings is 1. The Morgan fingerprint density at radius 3 is 2.39 bits per heavy atom. The van der Waals surface area contributed by atoms with Gasteiger partial charge >= 0.3 is 0 Å². The number of hydrazone groups is 1. The highest BCUT2D eigenvalue weighted by molar-refractivity contribution is 7.07. The molecule has 2 aliphatic heterocycles. The largest absolute Gasteiger partial charge is 0.497 e. The molecule has 3 heterocycles. The standard InChI is InChI=1S/C34H31N5O4S/c1-19-11-16-27(20(2)17-19)36-31(40)29-22(4)35-34-38(30(29)23-12-14-25(43-5)15-13-23)33(42)28(44-34)18-26-21(3)37-39(32(26)41)24-9-7-6-8-10-24/h6-18,26,30H,1-5H3,(H,36,40)/b28-18+/t26-,30+/m0/s1. The van der Waals surface area contributed by atoms with Crippen LogP contribution in [0.3, 0.4) is 0 Å². The molecule has 2 atom stereocenters. The van der Waals surface area contributed by atoms with Crippen molar-refractivity contribution < 1.29 is 14.3 Å². The predicted molar refractivity (Wildman–Crippen MR) is 173 cm³/mol. The molecular formula is C34H31N5O4S. The Morgan fingerprint density at radius 1 is 0.977 bits per heavy atom. The number of para-hydroxylation sites is 1. The lowest BCUT2D eigenvalue weighted by Crippen LogP contribution is -2.41. The van der Waals surface area contributed by atoms with Gasteiger partial charge in [-0.25, -0.2) is 4.99 Å². The van der Waals surface area contributed by atoms with E-state index < -0.39 is 12.0 Å². The lowest BCUT2D eigenvalue weighted by Gasteiger charge is -2.25. The summed E-state index contributed by atoms with van der Waals surface area (Å²) in [6.07, 6.45) is 1.66. The summed E-state index contributed by atoms with van der Waals surface area (Å²) in [6, 6.07) is 21.5. The number of carbonyl (C=O) groups is 2. The van der Waals surface area contributed by atoms with Crippen LogP contribution in [0, 0.1) is 19.8 Å². The number of ether oxygens (including phenoxy) is 1. The molecule has 3 aromatic carbocycles. The number of nitrogens with one attached hydrogen (secondary N) is 1. The van der Waals surface area contributed by atoms with E-state index in [0.717, 1.165) is 16.7 Å². The van der Waals surface area contributed by atoms with Crippen molar-refractivity contribution in [2.45, 2.75) is 33.7 Å². The second-order valence-corrected chi connectivity index (χ2v) is 11.9. The Hall–Kier alpha value is -5.09. The number of allylic oxidation sites excluding steroid dienone is 1. The lowest BCUT2D eigenvalue weighted by atomic mass is 9.95. The summed E-state index contributed by atoms with van der Waals surface area (Å²) in [5, 5.41) is 8.88. The molecule has 0 aliphatic carbocycles. The van der Waals surface area contributed by atoms with Crippen molar-refractivity contribution in [2.24, 2.45) is 16.0 Å². The van der Waals surface area contributed by atoms with E-state index in [1.54, 1.807) is 43.7 Å². The topological polar surface area (TPSA) is 105 Å². The lowest BCUT2D eigenvalue weighted by molar-refractivity contribution is -0.118. The van der Waals surface area contributed by atoms with Gasteiger partial charge in [-0.15, -0.1) is 0 Å². The van der Waals surface area contributed by atoms with E-state index in [2.05, 4.69) is 10.4 Å². The first-order valence-electron chi connectivity index (χ1n) is 14.2. The second kappa shape index (κ2) is 11.5. The van der Waals surface area contributed by atoms with E-state index in [1.165, 1.54) is 16.3 Å². The fourth-order valence-corrected chi connectivity index (χ4v) is 6.60. The molecule has 10 heteroatoms. The van der Waals surface area contributed by atoms with E-state index in [4.69, 9.17) is 9.73 Å². The fourth-order valence-electron chi connectivity index (χ4n) is 5.55. The first-order chi connectivity index (χ1) is 21.2. The highest BCUT2D eigenvalue weighted by Gasteiger charge is 2.35. The number of rotatable bonds is 6. The third-order valence-electron chi connectivity index (χ3n) is 7.83. The van der Waals surface area contributed by atoms with Gasteiger partial charge in [0.15, 0.2) is 4.80 Å². The quantitative estimate of drug-likeness (QED) is 0.350. The molecule has 6 rings (SSSR count). The number of carbonyl (C=O) groups excluding carboxylic acids is 2. The molecule has 1 aromatic heterocycles. The maximum atomic E-state index is 14.1. The van der Waals surface area contributed by atoms with Gasteiger partial charge in [0, 0.05) is 5.69 Å². The molecule has 2 amide bonds. The van der Waals surface area contributed by atoms with Crippen LogP contribution in [0.25, 0.3) is 6.08 Å². The van der Waals surface area contributed by atoms with Crippen LogP contribution in [-0.2, 0) is 9.59 Å².